The first-order valence-corrected chi connectivity index (χ1v) is 5.83. The Kier molecular flexibility index (Phi) is 8.61. The summed E-state index contributed by atoms with van der Waals surface area (Å²) >= 11 is 0. The lowest BCUT2D eigenvalue weighted by Gasteiger charge is -2.27. The zero-order valence-corrected chi connectivity index (χ0v) is 10.7. The third kappa shape index (κ3) is 5.68. The summed E-state index contributed by atoms with van der Waals surface area (Å²) in [4.78, 5) is 11.3. The van der Waals surface area contributed by atoms with E-state index in [1.165, 1.54) is 6.42 Å². The quantitative estimate of drug-likeness (QED) is 0.673. The molecule has 1 rings (SSSR count). The van der Waals surface area contributed by atoms with Crippen LogP contribution in [0.2, 0.25) is 0 Å². The highest BCUT2D eigenvalue weighted by atomic mass is 35.5. The molecule has 0 aromatic carbocycles. The lowest BCUT2D eigenvalue weighted by Crippen LogP contribution is -2.37. The zero-order valence-electron chi connectivity index (χ0n) is 9.87. The van der Waals surface area contributed by atoms with Gasteiger partial charge < -0.3 is 15.7 Å². The molecule has 0 heterocycles. The van der Waals surface area contributed by atoms with E-state index in [2.05, 4.69) is 10.6 Å². The first kappa shape index (κ1) is 15.7. The Morgan fingerprint density at radius 3 is 2.69 bits per heavy atom. The van der Waals surface area contributed by atoms with Gasteiger partial charge in [0, 0.05) is 25.4 Å². The average molecular weight is 251 g/mol. The van der Waals surface area contributed by atoms with Crippen LogP contribution < -0.4 is 10.6 Å². The van der Waals surface area contributed by atoms with Gasteiger partial charge in [-0.3, -0.25) is 4.79 Å². The topological polar surface area (TPSA) is 61.4 Å². The Bertz CT molecular complexity index is 202. The number of nitrogens with one attached hydrogen (secondary N) is 2. The number of rotatable bonds is 5. The molecular weight excluding hydrogens is 228 g/mol. The Labute approximate surface area is 104 Å². The van der Waals surface area contributed by atoms with Crippen LogP contribution in [0.4, 0.5) is 0 Å². The van der Waals surface area contributed by atoms with Crippen molar-refractivity contribution in [2.45, 2.75) is 38.2 Å². The first-order chi connectivity index (χ1) is 7.24. The Morgan fingerprint density at radius 2 is 2.06 bits per heavy atom. The SMILES string of the molecule is CNCCC(=O)NCC1CCCCC1O.Cl. The number of hydrogen-bond donors (Lipinski definition) is 3. The Hall–Kier alpha value is -0.320. The third-order valence-corrected chi connectivity index (χ3v) is 3.03. The van der Waals surface area contributed by atoms with Gasteiger partial charge in [-0.25, -0.2) is 0 Å². The number of aliphatic hydroxyl groups is 1. The second kappa shape index (κ2) is 8.79. The predicted molar refractivity (Wildman–Crippen MR) is 66.8 cm³/mol. The molecule has 0 bridgehead atoms. The summed E-state index contributed by atoms with van der Waals surface area (Å²) < 4.78 is 0. The average Bonchev–Trinajstić information content (AvgIpc) is 2.25. The number of aliphatic hydroxyl groups excluding tert-OH is 1. The second-order valence-corrected chi connectivity index (χ2v) is 4.27. The van der Waals surface area contributed by atoms with E-state index >= 15 is 0 Å². The van der Waals surface area contributed by atoms with E-state index in [4.69, 9.17) is 0 Å². The third-order valence-electron chi connectivity index (χ3n) is 3.03. The molecule has 16 heavy (non-hydrogen) atoms. The van der Waals surface area contributed by atoms with E-state index in [0.29, 0.717) is 19.5 Å². The maximum absolute atomic E-state index is 11.3. The van der Waals surface area contributed by atoms with Gasteiger partial charge in [0.1, 0.15) is 0 Å². The number of hydrogen-bond acceptors (Lipinski definition) is 3. The molecule has 0 aromatic rings. The first-order valence-electron chi connectivity index (χ1n) is 5.83. The lowest BCUT2D eigenvalue weighted by atomic mass is 9.86. The molecule has 1 amide bonds. The molecule has 3 N–H and O–H groups in total. The molecule has 0 saturated heterocycles. The summed E-state index contributed by atoms with van der Waals surface area (Å²) in [5, 5.41) is 15.5. The highest BCUT2D eigenvalue weighted by Crippen LogP contribution is 2.23. The minimum atomic E-state index is -0.219. The van der Waals surface area contributed by atoms with Crippen LogP contribution in [0.3, 0.4) is 0 Å². The van der Waals surface area contributed by atoms with Gasteiger partial charge in [0.05, 0.1) is 6.10 Å². The number of amides is 1. The van der Waals surface area contributed by atoms with Gasteiger partial charge in [0.2, 0.25) is 5.91 Å². The molecule has 96 valence electrons. The summed E-state index contributed by atoms with van der Waals surface area (Å²) in [6, 6.07) is 0. The number of halogens is 1. The van der Waals surface area contributed by atoms with Crippen LogP contribution in [0.1, 0.15) is 32.1 Å². The van der Waals surface area contributed by atoms with Crippen molar-refractivity contribution >= 4 is 18.3 Å². The zero-order chi connectivity index (χ0) is 11.1. The van der Waals surface area contributed by atoms with Crippen LogP contribution in [0.15, 0.2) is 0 Å². The summed E-state index contributed by atoms with van der Waals surface area (Å²) in [6.45, 7) is 1.34. The fourth-order valence-corrected chi connectivity index (χ4v) is 2.00. The van der Waals surface area contributed by atoms with Gasteiger partial charge in [0.15, 0.2) is 0 Å². The van der Waals surface area contributed by atoms with E-state index < -0.39 is 0 Å². The Morgan fingerprint density at radius 1 is 1.38 bits per heavy atom. The molecule has 0 aliphatic heterocycles. The fourth-order valence-electron chi connectivity index (χ4n) is 2.00. The molecule has 0 spiro atoms. The molecule has 0 radical (unpaired) electrons. The molecule has 2 unspecified atom stereocenters. The molecule has 1 fully saturated rings. The molecule has 1 saturated carbocycles. The molecule has 1 aliphatic carbocycles. The molecule has 5 heteroatoms. The van der Waals surface area contributed by atoms with Gasteiger partial charge in [-0.05, 0) is 19.9 Å². The van der Waals surface area contributed by atoms with Crippen LogP contribution in [-0.2, 0) is 4.79 Å². The smallest absolute Gasteiger partial charge is 0.221 e. The van der Waals surface area contributed by atoms with Crippen LogP contribution in [0.25, 0.3) is 0 Å². The molecule has 4 nitrogen and oxygen atoms in total. The molecule has 2 atom stereocenters. The Balaban J connectivity index is 0.00000225. The maximum atomic E-state index is 11.3. The minimum Gasteiger partial charge on any atom is -0.393 e. The van der Waals surface area contributed by atoms with Gasteiger partial charge in [-0.15, -0.1) is 12.4 Å². The number of carbonyl (C=O) groups excluding carboxylic acids is 1. The fraction of sp³-hybridized carbons (Fsp3) is 0.909. The van der Waals surface area contributed by atoms with Crippen LogP contribution in [0, 0.1) is 5.92 Å². The van der Waals surface area contributed by atoms with Crippen molar-refractivity contribution in [2.24, 2.45) is 5.92 Å². The monoisotopic (exact) mass is 250 g/mol. The van der Waals surface area contributed by atoms with Crippen molar-refractivity contribution in [1.29, 1.82) is 0 Å². The van der Waals surface area contributed by atoms with Crippen molar-refractivity contribution in [2.75, 3.05) is 20.1 Å². The molecule has 1 aliphatic rings. The normalized spacial score (nSPS) is 24.6. The standard InChI is InChI=1S/C11H22N2O2.ClH/c1-12-7-6-11(15)13-8-9-4-2-3-5-10(9)14;/h9-10,12,14H,2-8H2,1H3,(H,13,15);1H. The van der Waals surface area contributed by atoms with Crippen molar-refractivity contribution in [1.82, 2.24) is 10.6 Å². The van der Waals surface area contributed by atoms with Gasteiger partial charge in [-0.2, -0.15) is 0 Å². The van der Waals surface area contributed by atoms with Gasteiger partial charge >= 0.3 is 0 Å². The largest absolute Gasteiger partial charge is 0.393 e. The van der Waals surface area contributed by atoms with Gasteiger partial charge in [0.25, 0.3) is 0 Å². The summed E-state index contributed by atoms with van der Waals surface area (Å²) in [6.07, 6.45) is 4.51. The van der Waals surface area contributed by atoms with E-state index in [-0.39, 0.29) is 30.3 Å². The van der Waals surface area contributed by atoms with E-state index in [0.717, 1.165) is 19.3 Å². The van der Waals surface area contributed by atoms with E-state index in [9.17, 15) is 9.90 Å². The van der Waals surface area contributed by atoms with Crippen molar-refractivity contribution in [3.05, 3.63) is 0 Å². The molecule has 0 aromatic heterocycles. The predicted octanol–water partition coefficient (Wildman–Crippen LogP) is 0.685. The minimum absolute atomic E-state index is 0. The second-order valence-electron chi connectivity index (χ2n) is 4.27. The summed E-state index contributed by atoms with van der Waals surface area (Å²) in [5.41, 5.74) is 0. The van der Waals surface area contributed by atoms with E-state index in [1.54, 1.807) is 0 Å². The van der Waals surface area contributed by atoms with Gasteiger partial charge in [-0.1, -0.05) is 12.8 Å². The van der Waals surface area contributed by atoms with Crippen LogP contribution in [0.5, 0.6) is 0 Å². The van der Waals surface area contributed by atoms with E-state index in [1.807, 2.05) is 7.05 Å². The number of carbonyl (C=O) groups is 1. The maximum Gasteiger partial charge on any atom is 0.221 e. The molecular formula is C11H23ClN2O2. The summed E-state index contributed by atoms with van der Waals surface area (Å²) in [5.74, 6) is 0.333. The highest BCUT2D eigenvalue weighted by molar-refractivity contribution is 5.85. The van der Waals surface area contributed by atoms with Crippen molar-refractivity contribution < 1.29 is 9.90 Å². The lowest BCUT2D eigenvalue weighted by molar-refractivity contribution is -0.121. The van der Waals surface area contributed by atoms with Crippen LogP contribution in [-0.4, -0.2) is 37.3 Å². The summed E-state index contributed by atoms with van der Waals surface area (Å²) in [7, 11) is 1.83. The highest BCUT2D eigenvalue weighted by Gasteiger charge is 2.22. The van der Waals surface area contributed by atoms with Crippen LogP contribution >= 0.6 is 12.4 Å². The van der Waals surface area contributed by atoms with Crippen molar-refractivity contribution in [3.63, 3.8) is 0 Å². The van der Waals surface area contributed by atoms with Crippen molar-refractivity contribution in [3.8, 4) is 0 Å².